The number of imidazole rings is 1. The van der Waals surface area contributed by atoms with E-state index in [-0.39, 0.29) is 5.91 Å². The highest BCUT2D eigenvalue weighted by Gasteiger charge is 2.26. The van der Waals surface area contributed by atoms with Crippen LogP contribution in [-0.2, 0) is 6.54 Å². The molecule has 1 amide bonds. The molecule has 6 heteroatoms. The van der Waals surface area contributed by atoms with Crippen LogP contribution in [0.2, 0.25) is 0 Å². The van der Waals surface area contributed by atoms with E-state index in [4.69, 9.17) is 0 Å². The van der Waals surface area contributed by atoms with Crippen LogP contribution in [0.5, 0.6) is 0 Å². The van der Waals surface area contributed by atoms with Gasteiger partial charge < -0.3 is 9.88 Å². The number of nitrogens with zero attached hydrogens (tertiary/aromatic N) is 4. The van der Waals surface area contributed by atoms with Crippen molar-refractivity contribution in [3.05, 3.63) is 36.2 Å². The molecule has 116 valence electrons. The Morgan fingerprint density at radius 2 is 2.18 bits per heavy atom. The Labute approximate surface area is 129 Å². The Morgan fingerprint density at radius 3 is 3.00 bits per heavy atom. The van der Waals surface area contributed by atoms with E-state index < -0.39 is 0 Å². The summed E-state index contributed by atoms with van der Waals surface area (Å²) in [6, 6.07) is 2.22. The summed E-state index contributed by atoms with van der Waals surface area (Å²) in [5.74, 6) is 1.39. The van der Waals surface area contributed by atoms with Crippen molar-refractivity contribution in [2.75, 3.05) is 6.54 Å². The molecule has 1 fully saturated rings. The highest BCUT2D eigenvalue weighted by atomic mass is 16.2. The highest BCUT2D eigenvalue weighted by Crippen LogP contribution is 2.31. The van der Waals surface area contributed by atoms with Crippen LogP contribution in [0.3, 0.4) is 0 Å². The highest BCUT2D eigenvalue weighted by molar-refractivity contribution is 5.92. The van der Waals surface area contributed by atoms with Crippen molar-refractivity contribution < 1.29 is 4.79 Å². The van der Waals surface area contributed by atoms with E-state index in [1.54, 1.807) is 6.20 Å². The van der Waals surface area contributed by atoms with Crippen LogP contribution in [0, 0.1) is 0 Å². The van der Waals surface area contributed by atoms with Crippen LogP contribution in [0.4, 0.5) is 0 Å². The van der Waals surface area contributed by atoms with Crippen molar-refractivity contribution in [1.82, 2.24) is 24.6 Å². The molecule has 0 saturated heterocycles. The molecule has 2 aromatic rings. The SMILES string of the molecule is O=C(NCC1CCCn2ccnc21)c1ccnn1C1CCC1. The molecule has 0 bridgehead atoms. The van der Waals surface area contributed by atoms with E-state index in [0.29, 0.717) is 24.2 Å². The first kappa shape index (κ1) is 13.5. The topological polar surface area (TPSA) is 64.7 Å². The monoisotopic (exact) mass is 299 g/mol. The molecule has 0 radical (unpaired) electrons. The Kier molecular flexibility index (Phi) is 3.44. The van der Waals surface area contributed by atoms with E-state index in [2.05, 4.69) is 20.0 Å². The van der Waals surface area contributed by atoms with E-state index in [1.807, 2.05) is 23.1 Å². The van der Waals surface area contributed by atoms with Gasteiger partial charge >= 0.3 is 0 Å². The van der Waals surface area contributed by atoms with E-state index in [9.17, 15) is 4.79 Å². The van der Waals surface area contributed by atoms with Crippen LogP contribution in [0.15, 0.2) is 24.7 Å². The minimum absolute atomic E-state index is 0.0203. The van der Waals surface area contributed by atoms with Crippen LogP contribution in [0.1, 0.15) is 60.4 Å². The van der Waals surface area contributed by atoms with E-state index in [0.717, 1.165) is 38.1 Å². The molecule has 4 rings (SSSR count). The number of fused-ring (bicyclic) bond motifs is 1. The zero-order valence-corrected chi connectivity index (χ0v) is 12.6. The molecule has 2 aromatic heterocycles. The van der Waals surface area contributed by atoms with Gasteiger partial charge in [0, 0.05) is 37.6 Å². The lowest BCUT2D eigenvalue weighted by molar-refractivity contribution is 0.0931. The summed E-state index contributed by atoms with van der Waals surface area (Å²) in [7, 11) is 0. The van der Waals surface area contributed by atoms with Crippen LogP contribution < -0.4 is 5.32 Å². The first-order valence-corrected chi connectivity index (χ1v) is 8.15. The maximum atomic E-state index is 12.5. The normalized spacial score (nSPS) is 21.2. The zero-order valence-electron chi connectivity index (χ0n) is 12.6. The molecule has 0 spiro atoms. The van der Waals surface area contributed by atoms with Crippen molar-refractivity contribution in [2.45, 2.75) is 50.6 Å². The van der Waals surface area contributed by atoms with E-state index in [1.165, 1.54) is 6.42 Å². The van der Waals surface area contributed by atoms with Gasteiger partial charge in [-0.25, -0.2) is 4.98 Å². The summed E-state index contributed by atoms with van der Waals surface area (Å²) in [6.07, 6.45) is 11.3. The number of aromatic nitrogens is 4. The number of aryl methyl sites for hydroxylation is 1. The van der Waals surface area contributed by atoms with Gasteiger partial charge in [0.15, 0.2) is 0 Å². The Morgan fingerprint density at radius 1 is 1.27 bits per heavy atom. The number of rotatable bonds is 4. The number of hydrogen-bond donors (Lipinski definition) is 1. The van der Waals surface area contributed by atoms with Gasteiger partial charge in [0.05, 0.1) is 6.04 Å². The Bertz CT molecular complexity index is 670. The lowest BCUT2D eigenvalue weighted by Gasteiger charge is -2.27. The average molecular weight is 299 g/mol. The van der Waals surface area contributed by atoms with Gasteiger partial charge in [0.25, 0.3) is 5.91 Å². The minimum Gasteiger partial charge on any atom is -0.350 e. The number of carbonyl (C=O) groups excluding carboxylic acids is 1. The molecule has 1 unspecified atom stereocenters. The van der Waals surface area contributed by atoms with Gasteiger partial charge in [-0.3, -0.25) is 9.48 Å². The second-order valence-corrected chi connectivity index (χ2v) is 6.27. The van der Waals surface area contributed by atoms with Crippen LogP contribution in [0.25, 0.3) is 0 Å². The summed E-state index contributed by atoms with van der Waals surface area (Å²) < 4.78 is 4.08. The number of nitrogens with one attached hydrogen (secondary N) is 1. The predicted molar refractivity (Wildman–Crippen MR) is 81.7 cm³/mol. The molecule has 1 N–H and O–H groups in total. The third kappa shape index (κ3) is 2.32. The predicted octanol–water partition coefficient (Wildman–Crippen LogP) is 2.11. The fraction of sp³-hybridized carbons (Fsp3) is 0.562. The summed E-state index contributed by atoms with van der Waals surface area (Å²) in [6.45, 7) is 1.68. The quantitative estimate of drug-likeness (QED) is 0.940. The van der Waals surface area contributed by atoms with Crippen molar-refractivity contribution in [3.63, 3.8) is 0 Å². The Hall–Kier alpha value is -2.11. The Balaban J connectivity index is 1.42. The molecule has 3 heterocycles. The van der Waals surface area contributed by atoms with Crippen molar-refractivity contribution >= 4 is 5.91 Å². The molecule has 1 aliphatic heterocycles. The summed E-state index contributed by atoms with van der Waals surface area (Å²) >= 11 is 0. The first-order valence-electron chi connectivity index (χ1n) is 8.15. The molecular weight excluding hydrogens is 278 g/mol. The maximum Gasteiger partial charge on any atom is 0.269 e. The molecule has 2 aliphatic rings. The maximum absolute atomic E-state index is 12.5. The molecule has 6 nitrogen and oxygen atoms in total. The fourth-order valence-electron chi connectivity index (χ4n) is 3.42. The molecule has 1 saturated carbocycles. The summed E-state index contributed by atoms with van der Waals surface area (Å²) in [5, 5.41) is 7.40. The summed E-state index contributed by atoms with van der Waals surface area (Å²) in [5.41, 5.74) is 0.684. The second kappa shape index (κ2) is 5.59. The van der Waals surface area contributed by atoms with Crippen LogP contribution in [-0.4, -0.2) is 31.8 Å². The van der Waals surface area contributed by atoms with Gasteiger partial charge in [0.2, 0.25) is 0 Å². The fourth-order valence-corrected chi connectivity index (χ4v) is 3.42. The average Bonchev–Trinajstić information content (AvgIpc) is 3.11. The lowest BCUT2D eigenvalue weighted by Crippen LogP contribution is -2.33. The standard InChI is InChI=1S/C16H21N5O/c22-16(14-6-7-19-21(14)13-4-1-5-13)18-11-12-3-2-9-20-10-8-17-15(12)20/h6-8,10,12-13H,1-5,9,11H2,(H,18,22). The summed E-state index contributed by atoms with van der Waals surface area (Å²) in [4.78, 5) is 16.9. The third-order valence-electron chi connectivity index (χ3n) is 4.90. The zero-order chi connectivity index (χ0) is 14.9. The molecular formula is C16H21N5O. The van der Waals surface area contributed by atoms with Crippen LogP contribution >= 0.6 is 0 Å². The number of carbonyl (C=O) groups is 1. The smallest absolute Gasteiger partial charge is 0.269 e. The van der Waals surface area contributed by atoms with Crippen molar-refractivity contribution in [1.29, 1.82) is 0 Å². The van der Waals surface area contributed by atoms with Crippen molar-refractivity contribution in [3.8, 4) is 0 Å². The molecule has 1 aliphatic carbocycles. The second-order valence-electron chi connectivity index (χ2n) is 6.27. The first-order chi connectivity index (χ1) is 10.8. The largest absolute Gasteiger partial charge is 0.350 e. The van der Waals surface area contributed by atoms with Gasteiger partial charge in [-0.2, -0.15) is 5.10 Å². The molecule has 0 aromatic carbocycles. The third-order valence-corrected chi connectivity index (χ3v) is 4.90. The number of hydrogen-bond acceptors (Lipinski definition) is 3. The molecule has 1 atom stereocenters. The van der Waals surface area contributed by atoms with E-state index >= 15 is 0 Å². The molecule has 22 heavy (non-hydrogen) atoms. The number of amides is 1. The van der Waals surface area contributed by atoms with Crippen molar-refractivity contribution in [2.24, 2.45) is 0 Å². The van der Waals surface area contributed by atoms with Gasteiger partial charge in [0.1, 0.15) is 11.5 Å². The van der Waals surface area contributed by atoms with Gasteiger partial charge in [-0.1, -0.05) is 0 Å². The lowest BCUT2D eigenvalue weighted by atomic mass is 9.93. The minimum atomic E-state index is -0.0203. The van der Waals surface area contributed by atoms with Gasteiger partial charge in [-0.15, -0.1) is 0 Å². The van der Waals surface area contributed by atoms with Gasteiger partial charge in [-0.05, 0) is 38.2 Å².